The lowest BCUT2D eigenvalue weighted by atomic mass is 10.2. The topological polar surface area (TPSA) is 58.4 Å². The predicted molar refractivity (Wildman–Crippen MR) is 79.7 cm³/mol. The van der Waals surface area contributed by atoms with E-state index in [9.17, 15) is 14.3 Å². The number of hydrogen-bond donors (Lipinski definition) is 1. The molecule has 22 heavy (non-hydrogen) atoms. The minimum absolute atomic E-state index is 0.0278. The zero-order valence-electron chi connectivity index (χ0n) is 12.3. The number of carbonyl (C=O) groups is 1. The van der Waals surface area contributed by atoms with Crippen LogP contribution in [0.5, 0.6) is 0 Å². The van der Waals surface area contributed by atoms with E-state index in [0.29, 0.717) is 11.3 Å². The van der Waals surface area contributed by atoms with Crippen LogP contribution >= 0.6 is 0 Å². The van der Waals surface area contributed by atoms with Crippen molar-refractivity contribution < 1.29 is 14.3 Å². The highest BCUT2D eigenvalue weighted by Crippen LogP contribution is 2.24. The number of likely N-dealkylation sites (tertiary alicyclic amines) is 1. The molecule has 116 valence electrons. The monoisotopic (exact) mass is 303 g/mol. The Bertz CT molecular complexity index is 671. The second kappa shape index (κ2) is 5.88. The van der Waals surface area contributed by atoms with E-state index in [1.54, 1.807) is 4.68 Å². The second-order valence-corrected chi connectivity index (χ2v) is 5.52. The number of nitrogens with zero attached hydrogens (tertiary/aromatic N) is 3. The summed E-state index contributed by atoms with van der Waals surface area (Å²) in [5.74, 6) is -0.279. The first-order valence-corrected chi connectivity index (χ1v) is 7.27. The Hall–Kier alpha value is -2.21. The minimum Gasteiger partial charge on any atom is -0.394 e. The van der Waals surface area contributed by atoms with Gasteiger partial charge < -0.3 is 10.0 Å². The van der Waals surface area contributed by atoms with E-state index in [2.05, 4.69) is 5.10 Å². The molecule has 1 aliphatic heterocycles. The largest absolute Gasteiger partial charge is 0.394 e. The molecule has 0 radical (unpaired) electrons. The molecule has 1 aromatic carbocycles. The Morgan fingerprint density at radius 3 is 2.82 bits per heavy atom. The Kier molecular flexibility index (Phi) is 3.94. The molecule has 1 saturated heterocycles. The first-order chi connectivity index (χ1) is 10.6. The first-order valence-electron chi connectivity index (χ1n) is 7.27. The van der Waals surface area contributed by atoms with E-state index >= 15 is 0 Å². The number of aromatic nitrogens is 2. The lowest BCUT2D eigenvalue weighted by Gasteiger charge is -2.22. The Labute approximate surface area is 128 Å². The number of hydrogen-bond acceptors (Lipinski definition) is 3. The molecular formula is C16H18FN3O2. The standard InChI is InChI=1S/C16H18FN3O2/c1-11-15(8-18-20(11)13-5-3-2-4-6-13)16(22)19-9-12(17)7-14(19)10-21/h2-6,8,12,14,21H,7,9-10H2,1H3/t12-,14-/m0/s1. The number of alkyl halides is 1. The average molecular weight is 303 g/mol. The highest BCUT2D eigenvalue weighted by molar-refractivity contribution is 5.95. The van der Waals surface area contributed by atoms with Crippen molar-refractivity contribution in [3.8, 4) is 5.69 Å². The molecule has 1 fully saturated rings. The number of carbonyl (C=O) groups excluding carboxylic acids is 1. The van der Waals surface area contributed by atoms with Crippen LogP contribution < -0.4 is 0 Å². The summed E-state index contributed by atoms with van der Waals surface area (Å²) in [4.78, 5) is 14.0. The van der Waals surface area contributed by atoms with E-state index in [0.717, 1.165) is 5.69 Å². The molecule has 1 amide bonds. The maximum Gasteiger partial charge on any atom is 0.257 e. The van der Waals surface area contributed by atoms with Gasteiger partial charge in [0.15, 0.2) is 0 Å². The van der Waals surface area contributed by atoms with Crippen LogP contribution in [0.4, 0.5) is 4.39 Å². The van der Waals surface area contributed by atoms with E-state index in [1.807, 2.05) is 37.3 Å². The molecule has 0 aliphatic carbocycles. The molecule has 2 heterocycles. The zero-order chi connectivity index (χ0) is 15.7. The predicted octanol–water partition coefficient (Wildman–Crippen LogP) is 1.73. The fraction of sp³-hybridized carbons (Fsp3) is 0.375. The second-order valence-electron chi connectivity index (χ2n) is 5.52. The van der Waals surface area contributed by atoms with Gasteiger partial charge in [0, 0.05) is 6.42 Å². The van der Waals surface area contributed by atoms with Crippen molar-refractivity contribution in [1.82, 2.24) is 14.7 Å². The quantitative estimate of drug-likeness (QED) is 0.939. The van der Waals surface area contributed by atoms with Crippen molar-refractivity contribution in [2.24, 2.45) is 0 Å². The molecule has 1 aliphatic rings. The van der Waals surface area contributed by atoms with Crippen LogP contribution in [0.1, 0.15) is 22.5 Å². The number of rotatable bonds is 3. The van der Waals surface area contributed by atoms with Crippen molar-refractivity contribution >= 4 is 5.91 Å². The number of benzene rings is 1. The lowest BCUT2D eigenvalue weighted by molar-refractivity contribution is 0.0672. The van der Waals surface area contributed by atoms with E-state index < -0.39 is 12.2 Å². The summed E-state index contributed by atoms with van der Waals surface area (Å²) in [6.07, 6.45) is 0.615. The number of amides is 1. The number of para-hydroxylation sites is 1. The lowest BCUT2D eigenvalue weighted by Crippen LogP contribution is -2.38. The molecule has 2 atom stereocenters. The third-order valence-corrected chi connectivity index (χ3v) is 4.08. The maximum atomic E-state index is 13.5. The molecule has 6 heteroatoms. The van der Waals surface area contributed by atoms with Crippen LogP contribution in [0.3, 0.4) is 0 Å². The highest BCUT2D eigenvalue weighted by Gasteiger charge is 2.36. The first kappa shape index (κ1) is 14.7. The molecule has 5 nitrogen and oxygen atoms in total. The van der Waals surface area contributed by atoms with Gasteiger partial charge in [-0.15, -0.1) is 0 Å². The number of aliphatic hydroxyl groups excluding tert-OH is 1. The molecule has 1 N–H and O–H groups in total. The number of halogens is 1. The summed E-state index contributed by atoms with van der Waals surface area (Å²) in [6.45, 7) is 1.61. The van der Waals surface area contributed by atoms with Crippen molar-refractivity contribution in [2.45, 2.75) is 25.6 Å². The molecule has 3 rings (SSSR count). The molecule has 0 saturated carbocycles. The van der Waals surface area contributed by atoms with Gasteiger partial charge in [-0.2, -0.15) is 5.10 Å². The van der Waals surface area contributed by atoms with Crippen LogP contribution in [-0.4, -0.2) is 51.1 Å². The maximum absolute atomic E-state index is 13.5. The number of aliphatic hydroxyl groups is 1. The SMILES string of the molecule is Cc1c(C(=O)N2C[C@@H](F)C[C@H]2CO)cnn1-c1ccccc1. The summed E-state index contributed by atoms with van der Waals surface area (Å²) >= 11 is 0. The molecule has 0 spiro atoms. The molecule has 0 bridgehead atoms. The van der Waals surface area contributed by atoms with E-state index in [1.165, 1.54) is 11.1 Å². The fourth-order valence-electron chi connectivity index (χ4n) is 2.89. The normalized spacial score (nSPS) is 21.3. The highest BCUT2D eigenvalue weighted by atomic mass is 19.1. The molecule has 1 aromatic heterocycles. The molecule has 0 unspecified atom stereocenters. The Morgan fingerprint density at radius 2 is 2.14 bits per heavy atom. The van der Waals surface area contributed by atoms with Gasteiger partial charge in [-0.05, 0) is 19.1 Å². The summed E-state index contributed by atoms with van der Waals surface area (Å²) in [6, 6.07) is 9.05. The smallest absolute Gasteiger partial charge is 0.257 e. The van der Waals surface area contributed by atoms with Gasteiger partial charge in [0.2, 0.25) is 0 Å². The van der Waals surface area contributed by atoms with Crippen LogP contribution in [-0.2, 0) is 0 Å². The van der Waals surface area contributed by atoms with Gasteiger partial charge in [0.05, 0.1) is 42.3 Å². The van der Waals surface area contributed by atoms with E-state index in [4.69, 9.17) is 0 Å². The summed E-state index contributed by atoms with van der Waals surface area (Å²) in [7, 11) is 0. The van der Waals surface area contributed by atoms with Gasteiger partial charge in [0.1, 0.15) is 6.17 Å². The fourth-order valence-corrected chi connectivity index (χ4v) is 2.89. The van der Waals surface area contributed by atoms with Crippen molar-refractivity contribution in [3.05, 3.63) is 47.8 Å². The van der Waals surface area contributed by atoms with Crippen LogP contribution in [0, 0.1) is 6.92 Å². The summed E-state index contributed by atoms with van der Waals surface area (Å²) in [5.41, 5.74) is 2.01. The van der Waals surface area contributed by atoms with Crippen molar-refractivity contribution in [1.29, 1.82) is 0 Å². The molecule has 2 aromatic rings. The van der Waals surface area contributed by atoms with Gasteiger partial charge in [0.25, 0.3) is 5.91 Å². The average Bonchev–Trinajstić information content (AvgIpc) is 3.10. The van der Waals surface area contributed by atoms with E-state index in [-0.39, 0.29) is 25.5 Å². The van der Waals surface area contributed by atoms with Crippen molar-refractivity contribution in [3.63, 3.8) is 0 Å². The van der Waals surface area contributed by atoms with Crippen LogP contribution in [0.15, 0.2) is 36.5 Å². The van der Waals surface area contributed by atoms with Gasteiger partial charge in [-0.3, -0.25) is 4.79 Å². The Balaban J connectivity index is 1.90. The van der Waals surface area contributed by atoms with Gasteiger partial charge in [-0.25, -0.2) is 9.07 Å². The Morgan fingerprint density at radius 1 is 1.41 bits per heavy atom. The van der Waals surface area contributed by atoms with Crippen LogP contribution in [0.25, 0.3) is 5.69 Å². The summed E-state index contributed by atoms with van der Waals surface area (Å²) < 4.78 is 15.2. The minimum atomic E-state index is -1.08. The van der Waals surface area contributed by atoms with Gasteiger partial charge >= 0.3 is 0 Å². The third-order valence-electron chi connectivity index (χ3n) is 4.08. The van der Waals surface area contributed by atoms with Crippen molar-refractivity contribution in [2.75, 3.05) is 13.2 Å². The third kappa shape index (κ3) is 2.50. The zero-order valence-corrected chi connectivity index (χ0v) is 12.3. The molecular weight excluding hydrogens is 285 g/mol. The van der Waals surface area contributed by atoms with Gasteiger partial charge in [-0.1, -0.05) is 18.2 Å². The van der Waals surface area contributed by atoms with Crippen LogP contribution in [0.2, 0.25) is 0 Å². The summed E-state index contributed by atoms with van der Waals surface area (Å²) in [5, 5.41) is 13.6.